The molecule has 0 radical (unpaired) electrons. The van der Waals surface area contributed by atoms with Gasteiger partial charge in [-0.15, -0.1) is 0 Å². The summed E-state index contributed by atoms with van der Waals surface area (Å²) in [7, 11) is 0. The zero-order valence-corrected chi connectivity index (χ0v) is 13.1. The minimum atomic E-state index is -1.00. The lowest BCUT2D eigenvalue weighted by Crippen LogP contribution is -1.86. The topological polar surface area (TPSA) is 0 Å². The predicted octanol–water partition coefficient (Wildman–Crippen LogP) is 6.57. The maximum Gasteiger partial charge on any atom is 0.166 e. The molecule has 0 N–H and O–H groups in total. The van der Waals surface area contributed by atoms with Gasteiger partial charge in [0.25, 0.3) is 0 Å². The highest BCUT2D eigenvalue weighted by Crippen LogP contribution is 2.30. The van der Waals surface area contributed by atoms with Crippen molar-refractivity contribution < 1.29 is 13.2 Å². The van der Waals surface area contributed by atoms with Crippen molar-refractivity contribution in [3.63, 3.8) is 0 Å². The number of hydrogen-bond acceptors (Lipinski definition) is 0. The quantitative estimate of drug-likeness (QED) is 0.478. The number of benzene rings is 3. The van der Waals surface area contributed by atoms with Crippen molar-refractivity contribution in [2.75, 3.05) is 0 Å². The zero-order valence-electron chi connectivity index (χ0n) is 13.1. The van der Waals surface area contributed by atoms with Crippen LogP contribution in [0.5, 0.6) is 0 Å². The van der Waals surface area contributed by atoms with Gasteiger partial charge in [0.1, 0.15) is 5.82 Å². The second-order valence-corrected chi connectivity index (χ2v) is 5.58. The lowest BCUT2D eigenvalue weighted by molar-refractivity contribution is 0.627. The van der Waals surface area contributed by atoms with Gasteiger partial charge in [-0.1, -0.05) is 54.1 Å². The van der Waals surface area contributed by atoms with E-state index in [0.717, 1.165) is 28.8 Å². The molecule has 0 aliphatic rings. The van der Waals surface area contributed by atoms with Gasteiger partial charge < -0.3 is 0 Å². The Hall–Kier alpha value is -2.81. The van der Waals surface area contributed by atoms with E-state index in [4.69, 9.17) is 0 Å². The summed E-state index contributed by atoms with van der Waals surface area (Å²) in [5, 5.41) is 0. The summed E-state index contributed by atoms with van der Waals surface area (Å²) in [6.07, 6.45) is 0. The van der Waals surface area contributed by atoms with Crippen LogP contribution in [0.25, 0.3) is 22.8 Å². The molecular formula is C21H15F3. The van der Waals surface area contributed by atoms with Crippen molar-refractivity contribution in [2.45, 2.75) is 6.92 Å². The van der Waals surface area contributed by atoms with Crippen LogP contribution < -0.4 is 0 Å². The van der Waals surface area contributed by atoms with Crippen molar-refractivity contribution in [3.05, 3.63) is 95.3 Å². The molecule has 0 fully saturated rings. The summed E-state index contributed by atoms with van der Waals surface area (Å²) in [6.45, 7) is 2.01. The maximum absolute atomic E-state index is 14.3. The third-order valence-corrected chi connectivity index (χ3v) is 3.81. The third kappa shape index (κ3) is 3.40. The van der Waals surface area contributed by atoms with Crippen LogP contribution in [0.1, 0.15) is 16.7 Å². The van der Waals surface area contributed by atoms with E-state index in [0.29, 0.717) is 0 Å². The predicted molar refractivity (Wildman–Crippen MR) is 92.0 cm³/mol. The standard InChI is InChI=1S/C21H15F3/c1-14-2-4-15(5-3-14)16-6-8-17(9-7-16)20(23)21(24)18-10-12-19(22)13-11-18/h2-13H,1H3/b21-20+. The Labute approximate surface area is 138 Å². The first kappa shape index (κ1) is 16.1. The number of halogens is 3. The molecule has 3 aromatic rings. The van der Waals surface area contributed by atoms with Gasteiger partial charge in [-0.2, -0.15) is 0 Å². The highest BCUT2D eigenvalue weighted by atomic mass is 19.2. The molecule has 0 spiro atoms. The molecule has 3 heteroatoms. The number of rotatable bonds is 3. The summed E-state index contributed by atoms with van der Waals surface area (Å²) < 4.78 is 41.4. The van der Waals surface area contributed by atoms with E-state index < -0.39 is 17.5 Å². The van der Waals surface area contributed by atoms with Crippen LogP contribution in [0.3, 0.4) is 0 Å². The molecular weight excluding hydrogens is 309 g/mol. The molecule has 0 aliphatic carbocycles. The first-order chi connectivity index (χ1) is 11.5. The lowest BCUT2D eigenvalue weighted by Gasteiger charge is -2.05. The first-order valence-corrected chi connectivity index (χ1v) is 7.53. The fourth-order valence-corrected chi connectivity index (χ4v) is 2.40. The van der Waals surface area contributed by atoms with E-state index in [1.165, 1.54) is 24.3 Å². The molecule has 0 saturated carbocycles. The number of aryl methyl sites for hydroxylation is 1. The minimum Gasteiger partial charge on any atom is -0.207 e. The Morgan fingerprint density at radius 2 is 0.958 bits per heavy atom. The highest BCUT2D eigenvalue weighted by Gasteiger charge is 2.11. The fraction of sp³-hybridized carbons (Fsp3) is 0.0476. The Morgan fingerprint density at radius 1 is 0.583 bits per heavy atom. The SMILES string of the molecule is Cc1ccc(-c2ccc(/C(F)=C(\F)c3ccc(F)cc3)cc2)cc1. The molecule has 0 nitrogen and oxygen atoms in total. The molecule has 0 bridgehead atoms. The summed E-state index contributed by atoms with van der Waals surface area (Å²) in [5.74, 6) is -2.45. The van der Waals surface area contributed by atoms with Crippen LogP contribution >= 0.6 is 0 Å². The van der Waals surface area contributed by atoms with Gasteiger partial charge in [-0.05, 0) is 42.3 Å². The van der Waals surface area contributed by atoms with E-state index in [1.807, 2.05) is 31.2 Å². The maximum atomic E-state index is 14.3. The van der Waals surface area contributed by atoms with Crippen molar-refractivity contribution in [2.24, 2.45) is 0 Å². The molecule has 0 atom stereocenters. The molecule has 0 heterocycles. The van der Waals surface area contributed by atoms with Crippen molar-refractivity contribution in [3.8, 4) is 11.1 Å². The average molecular weight is 324 g/mol. The highest BCUT2D eigenvalue weighted by molar-refractivity contribution is 5.83. The van der Waals surface area contributed by atoms with Gasteiger partial charge in [-0.3, -0.25) is 0 Å². The molecule has 3 aromatic carbocycles. The third-order valence-electron chi connectivity index (χ3n) is 3.81. The molecule has 0 aliphatic heterocycles. The molecule has 0 amide bonds. The normalized spacial score (nSPS) is 12.0. The fourth-order valence-electron chi connectivity index (χ4n) is 2.40. The zero-order chi connectivity index (χ0) is 17.1. The van der Waals surface area contributed by atoms with Crippen LogP contribution in [-0.2, 0) is 0 Å². The van der Waals surface area contributed by atoms with Crippen molar-refractivity contribution >= 4 is 11.7 Å². The molecule has 0 unspecified atom stereocenters. The Kier molecular flexibility index (Phi) is 4.52. The average Bonchev–Trinajstić information content (AvgIpc) is 2.62. The Balaban J connectivity index is 1.90. The summed E-state index contributed by atoms with van der Waals surface area (Å²) in [4.78, 5) is 0. The summed E-state index contributed by atoms with van der Waals surface area (Å²) >= 11 is 0. The molecule has 24 heavy (non-hydrogen) atoms. The second-order valence-electron chi connectivity index (χ2n) is 5.58. The van der Waals surface area contributed by atoms with Crippen LogP contribution in [0.15, 0.2) is 72.8 Å². The van der Waals surface area contributed by atoms with E-state index in [1.54, 1.807) is 12.1 Å². The van der Waals surface area contributed by atoms with Gasteiger partial charge in [0, 0.05) is 11.1 Å². The van der Waals surface area contributed by atoms with Crippen LogP contribution in [0.4, 0.5) is 13.2 Å². The van der Waals surface area contributed by atoms with Gasteiger partial charge in [0.2, 0.25) is 0 Å². The summed E-state index contributed by atoms with van der Waals surface area (Å²) in [6, 6.07) is 19.2. The van der Waals surface area contributed by atoms with Crippen LogP contribution in [0, 0.1) is 12.7 Å². The van der Waals surface area contributed by atoms with Crippen LogP contribution in [-0.4, -0.2) is 0 Å². The van der Waals surface area contributed by atoms with Gasteiger partial charge in [-0.25, -0.2) is 13.2 Å². The van der Waals surface area contributed by atoms with Gasteiger partial charge >= 0.3 is 0 Å². The lowest BCUT2D eigenvalue weighted by atomic mass is 10.0. The largest absolute Gasteiger partial charge is 0.207 e. The molecule has 0 saturated heterocycles. The molecule has 3 rings (SSSR count). The molecule has 120 valence electrons. The second kappa shape index (κ2) is 6.75. The van der Waals surface area contributed by atoms with Crippen LogP contribution in [0.2, 0.25) is 0 Å². The summed E-state index contributed by atoms with van der Waals surface area (Å²) in [5.41, 5.74) is 3.25. The van der Waals surface area contributed by atoms with Crippen molar-refractivity contribution in [1.82, 2.24) is 0 Å². The van der Waals surface area contributed by atoms with E-state index in [9.17, 15) is 13.2 Å². The monoisotopic (exact) mass is 324 g/mol. The molecule has 0 aromatic heterocycles. The Morgan fingerprint density at radius 3 is 1.42 bits per heavy atom. The minimum absolute atomic E-state index is 0.0107. The van der Waals surface area contributed by atoms with E-state index in [2.05, 4.69) is 0 Å². The van der Waals surface area contributed by atoms with Gasteiger partial charge in [0.15, 0.2) is 11.7 Å². The first-order valence-electron chi connectivity index (χ1n) is 7.53. The van der Waals surface area contributed by atoms with E-state index >= 15 is 0 Å². The Bertz CT molecular complexity index is 858. The van der Waals surface area contributed by atoms with Gasteiger partial charge in [0.05, 0.1) is 0 Å². The van der Waals surface area contributed by atoms with E-state index in [-0.39, 0.29) is 11.1 Å². The smallest absolute Gasteiger partial charge is 0.166 e. The number of hydrogen-bond donors (Lipinski definition) is 0. The van der Waals surface area contributed by atoms with Crippen molar-refractivity contribution in [1.29, 1.82) is 0 Å².